The van der Waals surface area contributed by atoms with Crippen LogP contribution in [-0.2, 0) is 26.2 Å². The third-order valence-corrected chi connectivity index (χ3v) is 8.06. The van der Waals surface area contributed by atoms with E-state index in [1.54, 1.807) is 6.07 Å². The highest BCUT2D eigenvalue weighted by molar-refractivity contribution is 7.92. The maximum absolute atomic E-state index is 13.8. The number of hydrogen-bond acceptors (Lipinski definition) is 4. The molecule has 2 amide bonds. The molecule has 2 aromatic rings. The van der Waals surface area contributed by atoms with Gasteiger partial charge in [-0.3, -0.25) is 13.9 Å². The van der Waals surface area contributed by atoms with Gasteiger partial charge in [-0.2, -0.15) is 0 Å². The quantitative estimate of drug-likeness (QED) is 0.451. The molecular formula is C26H33Cl2N3O4S. The summed E-state index contributed by atoms with van der Waals surface area (Å²) in [6.45, 7) is 3.44. The van der Waals surface area contributed by atoms with Gasteiger partial charge in [0.05, 0.1) is 17.0 Å². The van der Waals surface area contributed by atoms with E-state index in [-0.39, 0.29) is 34.2 Å². The SMILES string of the molecule is CC[C@@H](C(=O)NC1CCCC1)N(Cc1cccc(C)c1)C(=O)CN(c1cc(Cl)ccc1Cl)S(C)(=O)=O. The van der Waals surface area contributed by atoms with Crippen LogP contribution in [0.4, 0.5) is 5.69 Å². The average Bonchev–Trinajstić information content (AvgIpc) is 3.31. The number of amides is 2. The lowest BCUT2D eigenvalue weighted by Crippen LogP contribution is -2.53. The van der Waals surface area contributed by atoms with Gasteiger partial charge < -0.3 is 10.2 Å². The maximum Gasteiger partial charge on any atom is 0.244 e. The number of halogens is 2. The molecule has 7 nitrogen and oxygen atoms in total. The zero-order valence-electron chi connectivity index (χ0n) is 20.8. The van der Waals surface area contributed by atoms with E-state index in [0.717, 1.165) is 47.4 Å². The number of carbonyl (C=O) groups excluding carboxylic acids is 2. The Morgan fingerprint density at radius 3 is 2.42 bits per heavy atom. The van der Waals surface area contributed by atoms with Crippen molar-refractivity contribution >= 4 is 50.7 Å². The van der Waals surface area contributed by atoms with Crippen LogP contribution in [0.15, 0.2) is 42.5 Å². The second-order valence-corrected chi connectivity index (χ2v) is 12.0. The zero-order valence-corrected chi connectivity index (χ0v) is 23.2. The number of hydrogen-bond donors (Lipinski definition) is 1. The molecule has 0 saturated heterocycles. The maximum atomic E-state index is 13.8. The fraction of sp³-hybridized carbons (Fsp3) is 0.462. The molecule has 1 atom stereocenters. The molecule has 1 aliphatic rings. The minimum absolute atomic E-state index is 0.0975. The first-order valence-corrected chi connectivity index (χ1v) is 14.7. The fourth-order valence-corrected chi connectivity index (χ4v) is 5.86. The fourth-order valence-electron chi connectivity index (χ4n) is 4.57. The number of nitrogens with zero attached hydrogens (tertiary/aromatic N) is 2. The molecule has 0 unspecified atom stereocenters. The molecule has 0 aromatic heterocycles. The second-order valence-electron chi connectivity index (χ2n) is 9.29. The summed E-state index contributed by atoms with van der Waals surface area (Å²) in [5, 5.41) is 3.52. The van der Waals surface area contributed by atoms with Crippen LogP contribution in [0.3, 0.4) is 0 Å². The molecule has 1 fully saturated rings. The molecule has 0 radical (unpaired) electrons. The number of benzene rings is 2. The summed E-state index contributed by atoms with van der Waals surface area (Å²) < 4.78 is 26.4. The van der Waals surface area contributed by atoms with Gasteiger partial charge >= 0.3 is 0 Å². The second kappa shape index (κ2) is 12.3. The van der Waals surface area contributed by atoms with Crippen LogP contribution in [0, 0.1) is 6.92 Å². The summed E-state index contributed by atoms with van der Waals surface area (Å²) in [6, 6.07) is 11.5. The molecule has 10 heteroatoms. The van der Waals surface area contributed by atoms with Crippen molar-refractivity contribution in [2.24, 2.45) is 0 Å². The Hall–Kier alpha value is -2.29. The van der Waals surface area contributed by atoms with Crippen molar-refractivity contribution in [3.63, 3.8) is 0 Å². The molecule has 0 bridgehead atoms. The third-order valence-electron chi connectivity index (χ3n) is 6.38. The molecule has 36 heavy (non-hydrogen) atoms. The van der Waals surface area contributed by atoms with Gasteiger partial charge in [-0.1, -0.05) is 72.8 Å². The monoisotopic (exact) mass is 553 g/mol. The Morgan fingerprint density at radius 1 is 1.11 bits per heavy atom. The van der Waals surface area contributed by atoms with Crippen LogP contribution in [0.1, 0.15) is 50.2 Å². The molecular weight excluding hydrogens is 521 g/mol. The Balaban J connectivity index is 1.95. The van der Waals surface area contributed by atoms with Gasteiger partial charge in [0, 0.05) is 17.6 Å². The average molecular weight is 555 g/mol. The summed E-state index contributed by atoms with van der Waals surface area (Å²) in [7, 11) is -3.89. The summed E-state index contributed by atoms with van der Waals surface area (Å²) in [5.74, 6) is -0.733. The molecule has 1 N–H and O–H groups in total. The standard InChI is InChI=1S/C26H33Cl2N3O4S/c1-4-23(26(33)29-21-10-5-6-11-21)30(16-19-9-7-8-18(2)14-19)25(32)17-31(36(3,34)35)24-15-20(27)12-13-22(24)28/h7-9,12-15,21,23H,4-6,10-11,16-17H2,1-3H3,(H,29,33)/t23-/m0/s1. The summed E-state index contributed by atoms with van der Waals surface area (Å²) in [5.41, 5.74) is 1.98. The van der Waals surface area contributed by atoms with E-state index in [4.69, 9.17) is 23.2 Å². The number of anilines is 1. The van der Waals surface area contributed by atoms with E-state index in [2.05, 4.69) is 5.32 Å². The van der Waals surface area contributed by atoms with Crippen molar-refractivity contribution in [3.05, 3.63) is 63.6 Å². The highest BCUT2D eigenvalue weighted by atomic mass is 35.5. The molecule has 0 aliphatic heterocycles. The first kappa shape index (κ1) is 28.3. The van der Waals surface area contributed by atoms with Gasteiger partial charge in [-0.05, 0) is 49.9 Å². The highest BCUT2D eigenvalue weighted by Gasteiger charge is 2.33. The lowest BCUT2D eigenvalue weighted by molar-refractivity contribution is -0.140. The van der Waals surface area contributed by atoms with Crippen LogP contribution in [-0.4, -0.2) is 50.0 Å². The first-order chi connectivity index (χ1) is 17.0. The smallest absolute Gasteiger partial charge is 0.244 e. The lowest BCUT2D eigenvalue weighted by atomic mass is 10.1. The van der Waals surface area contributed by atoms with Crippen molar-refractivity contribution < 1.29 is 18.0 Å². The number of nitrogens with one attached hydrogen (secondary N) is 1. The topological polar surface area (TPSA) is 86.8 Å². The number of sulfonamides is 1. The lowest BCUT2D eigenvalue weighted by Gasteiger charge is -2.33. The van der Waals surface area contributed by atoms with Crippen LogP contribution >= 0.6 is 23.2 Å². The van der Waals surface area contributed by atoms with E-state index in [1.807, 2.05) is 38.1 Å². The van der Waals surface area contributed by atoms with Gasteiger partial charge in [0.1, 0.15) is 12.6 Å². The molecule has 196 valence electrons. The van der Waals surface area contributed by atoms with Gasteiger partial charge in [0.25, 0.3) is 0 Å². The summed E-state index contributed by atoms with van der Waals surface area (Å²) >= 11 is 12.4. The highest BCUT2D eigenvalue weighted by Crippen LogP contribution is 2.31. The number of carbonyl (C=O) groups is 2. The van der Waals surface area contributed by atoms with E-state index in [0.29, 0.717) is 6.42 Å². The van der Waals surface area contributed by atoms with Gasteiger partial charge in [0.15, 0.2) is 0 Å². The Labute approximate surface area is 223 Å². The van der Waals surface area contributed by atoms with Crippen LogP contribution in [0.5, 0.6) is 0 Å². The predicted octanol–water partition coefficient (Wildman–Crippen LogP) is 4.93. The van der Waals surface area contributed by atoms with Crippen molar-refractivity contribution in [2.75, 3.05) is 17.1 Å². The zero-order chi connectivity index (χ0) is 26.5. The van der Waals surface area contributed by atoms with E-state index < -0.39 is 28.5 Å². The summed E-state index contributed by atoms with van der Waals surface area (Å²) in [4.78, 5) is 28.5. The third kappa shape index (κ3) is 7.37. The molecule has 1 saturated carbocycles. The first-order valence-electron chi connectivity index (χ1n) is 12.1. The normalized spacial score (nSPS) is 14.9. The van der Waals surface area contributed by atoms with E-state index in [1.165, 1.54) is 17.0 Å². The van der Waals surface area contributed by atoms with E-state index >= 15 is 0 Å². The van der Waals surface area contributed by atoms with Crippen LogP contribution < -0.4 is 9.62 Å². The molecule has 0 spiro atoms. The molecule has 3 rings (SSSR count). The van der Waals surface area contributed by atoms with Crippen molar-refractivity contribution in [1.29, 1.82) is 0 Å². The largest absolute Gasteiger partial charge is 0.352 e. The van der Waals surface area contributed by atoms with Crippen LogP contribution in [0.2, 0.25) is 10.0 Å². The predicted molar refractivity (Wildman–Crippen MR) is 145 cm³/mol. The molecule has 2 aromatic carbocycles. The Bertz CT molecular complexity index is 1200. The van der Waals surface area contributed by atoms with Gasteiger partial charge in [-0.15, -0.1) is 0 Å². The molecule has 1 aliphatic carbocycles. The van der Waals surface area contributed by atoms with Crippen molar-refractivity contribution in [1.82, 2.24) is 10.2 Å². The minimum atomic E-state index is -3.89. The Kier molecular flexibility index (Phi) is 9.66. The molecule has 0 heterocycles. The van der Waals surface area contributed by atoms with Crippen molar-refractivity contribution in [2.45, 2.75) is 64.6 Å². The number of aryl methyl sites for hydroxylation is 1. The minimum Gasteiger partial charge on any atom is -0.352 e. The van der Waals surface area contributed by atoms with Crippen molar-refractivity contribution in [3.8, 4) is 0 Å². The Morgan fingerprint density at radius 2 is 1.81 bits per heavy atom. The number of rotatable bonds is 10. The van der Waals surface area contributed by atoms with Gasteiger partial charge in [0.2, 0.25) is 21.8 Å². The summed E-state index contributed by atoms with van der Waals surface area (Å²) in [6.07, 6.45) is 5.36. The van der Waals surface area contributed by atoms with Crippen LogP contribution in [0.25, 0.3) is 0 Å². The van der Waals surface area contributed by atoms with E-state index in [9.17, 15) is 18.0 Å². The van der Waals surface area contributed by atoms with Gasteiger partial charge in [-0.25, -0.2) is 8.42 Å².